The summed E-state index contributed by atoms with van der Waals surface area (Å²) in [6, 6.07) is 31.8. The standard InChI is InChI=1S/C29H27ClN2O/c1-2-19-32(22-26-17-11-20-31(26)21-25-16-9-10-18-27(25)30)29(33)28(23-12-5-3-6-13-23)24-14-7-4-8-15-24/h2-18,20,28H,1,19,21-22H2. The molecule has 0 aliphatic carbocycles. The van der Waals surface area contributed by atoms with Crippen molar-refractivity contribution < 1.29 is 4.79 Å². The molecule has 0 radical (unpaired) electrons. The van der Waals surface area contributed by atoms with Crippen LogP contribution < -0.4 is 0 Å². The van der Waals surface area contributed by atoms with Crippen LogP contribution in [-0.4, -0.2) is 21.9 Å². The van der Waals surface area contributed by atoms with Gasteiger partial charge in [-0.3, -0.25) is 4.79 Å². The lowest BCUT2D eigenvalue weighted by atomic mass is 9.90. The number of nitrogens with zero attached hydrogens (tertiary/aromatic N) is 2. The van der Waals surface area contributed by atoms with Crippen LogP contribution in [0, 0.1) is 0 Å². The lowest BCUT2D eigenvalue weighted by Crippen LogP contribution is -2.36. The van der Waals surface area contributed by atoms with Crippen LogP contribution in [0.5, 0.6) is 0 Å². The SMILES string of the molecule is C=CCN(Cc1cccn1Cc1ccccc1Cl)C(=O)C(c1ccccc1)c1ccccc1. The monoisotopic (exact) mass is 454 g/mol. The first-order valence-electron chi connectivity index (χ1n) is 11.0. The van der Waals surface area contributed by atoms with Crippen molar-refractivity contribution in [2.24, 2.45) is 0 Å². The third-order valence-electron chi connectivity index (χ3n) is 5.75. The van der Waals surface area contributed by atoms with Crippen LogP contribution in [0.3, 0.4) is 0 Å². The van der Waals surface area contributed by atoms with Gasteiger partial charge in [-0.25, -0.2) is 0 Å². The summed E-state index contributed by atoms with van der Waals surface area (Å²) in [4.78, 5) is 15.8. The number of amides is 1. The Balaban J connectivity index is 1.63. The predicted molar refractivity (Wildman–Crippen MR) is 135 cm³/mol. The Kier molecular flexibility index (Phi) is 7.43. The number of carbonyl (C=O) groups is 1. The van der Waals surface area contributed by atoms with E-state index in [0.717, 1.165) is 27.4 Å². The summed E-state index contributed by atoms with van der Waals surface area (Å²) < 4.78 is 2.14. The molecule has 1 aromatic heterocycles. The summed E-state index contributed by atoms with van der Waals surface area (Å²) in [5.74, 6) is -0.322. The molecule has 3 aromatic carbocycles. The molecule has 4 heteroatoms. The van der Waals surface area contributed by atoms with E-state index in [9.17, 15) is 4.79 Å². The van der Waals surface area contributed by atoms with Crippen LogP contribution in [0.4, 0.5) is 0 Å². The summed E-state index contributed by atoms with van der Waals surface area (Å²) in [5.41, 5.74) is 4.05. The van der Waals surface area contributed by atoms with Crippen molar-refractivity contribution in [3.05, 3.63) is 143 Å². The molecule has 33 heavy (non-hydrogen) atoms. The van der Waals surface area contributed by atoms with Crippen LogP contribution in [0.15, 0.2) is 116 Å². The smallest absolute Gasteiger partial charge is 0.235 e. The van der Waals surface area contributed by atoms with Gasteiger partial charge in [0.15, 0.2) is 0 Å². The van der Waals surface area contributed by atoms with E-state index in [0.29, 0.717) is 19.6 Å². The van der Waals surface area contributed by atoms with Gasteiger partial charge in [-0.15, -0.1) is 6.58 Å². The first-order valence-corrected chi connectivity index (χ1v) is 11.4. The molecule has 3 nitrogen and oxygen atoms in total. The molecule has 0 saturated heterocycles. The molecule has 4 rings (SSSR count). The van der Waals surface area contributed by atoms with Gasteiger partial charge in [0, 0.05) is 30.0 Å². The van der Waals surface area contributed by atoms with E-state index in [2.05, 4.69) is 17.2 Å². The Labute approximate surface area is 200 Å². The molecule has 0 N–H and O–H groups in total. The van der Waals surface area contributed by atoms with Gasteiger partial charge in [0.1, 0.15) is 0 Å². The maximum Gasteiger partial charge on any atom is 0.235 e. The molecule has 1 heterocycles. The third kappa shape index (κ3) is 5.44. The van der Waals surface area contributed by atoms with E-state index in [4.69, 9.17) is 11.6 Å². The van der Waals surface area contributed by atoms with Gasteiger partial charge in [0.25, 0.3) is 0 Å². The normalized spacial score (nSPS) is 10.8. The summed E-state index contributed by atoms with van der Waals surface area (Å²) in [5, 5.41) is 0.740. The fraction of sp³-hybridized carbons (Fsp3) is 0.138. The lowest BCUT2D eigenvalue weighted by Gasteiger charge is -2.28. The van der Waals surface area contributed by atoms with Crippen molar-refractivity contribution in [2.75, 3.05) is 6.54 Å². The van der Waals surface area contributed by atoms with Crippen LogP contribution in [0.2, 0.25) is 5.02 Å². The van der Waals surface area contributed by atoms with Crippen molar-refractivity contribution in [3.63, 3.8) is 0 Å². The Bertz CT molecular complexity index is 1160. The lowest BCUT2D eigenvalue weighted by molar-refractivity contribution is -0.132. The fourth-order valence-electron chi connectivity index (χ4n) is 4.09. The highest BCUT2D eigenvalue weighted by Gasteiger charge is 2.27. The zero-order chi connectivity index (χ0) is 23.0. The number of halogens is 1. The minimum atomic E-state index is -0.376. The highest BCUT2D eigenvalue weighted by Crippen LogP contribution is 2.28. The summed E-state index contributed by atoms with van der Waals surface area (Å²) in [6.07, 6.45) is 3.81. The molecule has 4 aromatic rings. The topological polar surface area (TPSA) is 25.2 Å². The average Bonchev–Trinajstić information content (AvgIpc) is 3.28. The molecule has 0 aliphatic rings. The fourth-order valence-corrected chi connectivity index (χ4v) is 4.29. The van der Waals surface area contributed by atoms with Crippen LogP contribution in [0.1, 0.15) is 28.3 Å². The molecule has 0 unspecified atom stereocenters. The van der Waals surface area contributed by atoms with Crippen LogP contribution >= 0.6 is 11.6 Å². The Hall–Kier alpha value is -3.56. The second-order valence-corrected chi connectivity index (χ2v) is 8.39. The van der Waals surface area contributed by atoms with E-state index in [1.807, 2.05) is 102 Å². The van der Waals surface area contributed by atoms with E-state index < -0.39 is 0 Å². The molecule has 0 fully saturated rings. The second kappa shape index (κ2) is 10.8. The van der Waals surface area contributed by atoms with E-state index >= 15 is 0 Å². The maximum absolute atomic E-state index is 13.9. The molecule has 0 spiro atoms. The van der Waals surface area contributed by atoms with Crippen molar-refractivity contribution in [1.82, 2.24) is 9.47 Å². The average molecular weight is 455 g/mol. The van der Waals surface area contributed by atoms with Crippen molar-refractivity contribution in [1.29, 1.82) is 0 Å². The Morgan fingerprint density at radius 2 is 1.48 bits per heavy atom. The maximum atomic E-state index is 13.9. The zero-order valence-electron chi connectivity index (χ0n) is 18.5. The van der Waals surface area contributed by atoms with Gasteiger partial charge in [-0.2, -0.15) is 0 Å². The highest BCUT2D eigenvalue weighted by molar-refractivity contribution is 6.31. The predicted octanol–water partition coefficient (Wildman–Crippen LogP) is 6.54. The Morgan fingerprint density at radius 3 is 2.09 bits per heavy atom. The first kappa shape index (κ1) is 22.6. The number of benzene rings is 3. The first-order chi connectivity index (χ1) is 16.2. The van der Waals surface area contributed by atoms with Crippen molar-refractivity contribution in [3.8, 4) is 0 Å². The summed E-state index contributed by atoms with van der Waals surface area (Å²) in [7, 11) is 0. The Morgan fingerprint density at radius 1 is 0.879 bits per heavy atom. The van der Waals surface area contributed by atoms with E-state index in [1.165, 1.54) is 0 Å². The summed E-state index contributed by atoms with van der Waals surface area (Å²) in [6.45, 7) is 5.50. The van der Waals surface area contributed by atoms with Gasteiger partial charge in [0.2, 0.25) is 5.91 Å². The highest BCUT2D eigenvalue weighted by atomic mass is 35.5. The largest absolute Gasteiger partial charge is 0.345 e. The molecule has 0 aliphatic heterocycles. The molecule has 0 bridgehead atoms. The number of rotatable bonds is 9. The number of hydrogen-bond donors (Lipinski definition) is 0. The van der Waals surface area contributed by atoms with Gasteiger partial charge in [-0.05, 0) is 34.9 Å². The second-order valence-electron chi connectivity index (χ2n) is 7.98. The zero-order valence-corrected chi connectivity index (χ0v) is 19.2. The molecule has 0 saturated carbocycles. The van der Waals surface area contributed by atoms with Gasteiger partial charge in [0.05, 0.1) is 12.5 Å². The third-order valence-corrected chi connectivity index (χ3v) is 6.12. The summed E-state index contributed by atoms with van der Waals surface area (Å²) >= 11 is 6.39. The van der Waals surface area contributed by atoms with Gasteiger partial charge < -0.3 is 9.47 Å². The van der Waals surface area contributed by atoms with Crippen LogP contribution in [-0.2, 0) is 17.9 Å². The molecule has 0 atom stereocenters. The molecule has 166 valence electrons. The van der Waals surface area contributed by atoms with Gasteiger partial charge >= 0.3 is 0 Å². The molecular weight excluding hydrogens is 428 g/mol. The van der Waals surface area contributed by atoms with E-state index in [-0.39, 0.29) is 11.8 Å². The molecular formula is C29H27ClN2O. The van der Waals surface area contributed by atoms with Crippen LogP contribution in [0.25, 0.3) is 0 Å². The van der Waals surface area contributed by atoms with Crippen molar-refractivity contribution >= 4 is 17.5 Å². The van der Waals surface area contributed by atoms with Crippen molar-refractivity contribution in [2.45, 2.75) is 19.0 Å². The van der Waals surface area contributed by atoms with E-state index in [1.54, 1.807) is 6.08 Å². The number of hydrogen-bond acceptors (Lipinski definition) is 1. The quantitative estimate of drug-likeness (QED) is 0.264. The molecule has 1 amide bonds. The minimum absolute atomic E-state index is 0.0535. The number of aromatic nitrogens is 1. The van der Waals surface area contributed by atoms with Gasteiger partial charge in [-0.1, -0.05) is 96.5 Å². The number of carbonyl (C=O) groups excluding carboxylic acids is 1. The minimum Gasteiger partial charge on any atom is -0.345 e.